The monoisotopic (exact) mass is 319 g/mol. The number of hydrogen-bond donors (Lipinski definition) is 2. The lowest BCUT2D eigenvalue weighted by atomic mass is 10.3. The van der Waals surface area contributed by atoms with Crippen LogP contribution in [0.3, 0.4) is 0 Å². The maximum Gasteiger partial charge on any atom is 0.244 e. The van der Waals surface area contributed by atoms with Crippen molar-refractivity contribution >= 4 is 23.3 Å². The first kappa shape index (κ1) is 16.5. The van der Waals surface area contributed by atoms with E-state index in [1.807, 2.05) is 43.0 Å². The third kappa shape index (κ3) is 4.54. The Labute approximate surface area is 134 Å². The average molecular weight is 319 g/mol. The maximum absolute atomic E-state index is 11.9. The van der Waals surface area contributed by atoms with Gasteiger partial charge in [0.1, 0.15) is 0 Å². The predicted molar refractivity (Wildman–Crippen MR) is 88.6 cm³/mol. The van der Waals surface area contributed by atoms with Crippen LogP contribution in [-0.2, 0) is 17.9 Å². The minimum atomic E-state index is -0.132. The fourth-order valence-corrected chi connectivity index (χ4v) is 2.97. The van der Waals surface area contributed by atoms with Gasteiger partial charge in [-0.05, 0) is 49.9 Å². The van der Waals surface area contributed by atoms with Gasteiger partial charge in [-0.15, -0.1) is 11.3 Å². The molecule has 2 rings (SSSR count). The molecule has 2 N–H and O–H groups in total. The van der Waals surface area contributed by atoms with Crippen molar-refractivity contribution in [1.82, 2.24) is 15.1 Å². The molecule has 0 radical (unpaired) electrons. The van der Waals surface area contributed by atoms with Crippen LogP contribution in [0.1, 0.15) is 28.8 Å². The fourth-order valence-electron chi connectivity index (χ4n) is 2.18. The number of nitrogens with zero attached hydrogens (tertiary/aromatic N) is 2. The van der Waals surface area contributed by atoms with Crippen molar-refractivity contribution < 1.29 is 9.90 Å². The van der Waals surface area contributed by atoms with E-state index in [0.717, 1.165) is 21.8 Å². The van der Waals surface area contributed by atoms with Gasteiger partial charge < -0.3 is 10.4 Å². The van der Waals surface area contributed by atoms with Gasteiger partial charge in [-0.25, -0.2) is 0 Å². The van der Waals surface area contributed by atoms with Crippen LogP contribution in [0.5, 0.6) is 0 Å². The highest BCUT2D eigenvalue weighted by Crippen LogP contribution is 2.16. The summed E-state index contributed by atoms with van der Waals surface area (Å²) < 4.78 is 1.90. The first-order chi connectivity index (χ1) is 10.5. The third-order valence-electron chi connectivity index (χ3n) is 3.19. The van der Waals surface area contributed by atoms with Crippen LogP contribution in [0.25, 0.3) is 6.08 Å². The number of aryl methyl sites for hydroxylation is 2. The molecule has 0 spiro atoms. The summed E-state index contributed by atoms with van der Waals surface area (Å²) >= 11 is 1.50. The smallest absolute Gasteiger partial charge is 0.244 e. The van der Waals surface area contributed by atoms with Crippen molar-refractivity contribution in [3.05, 3.63) is 45.4 Å². The van der Waals surface area contributed by atoms with Crippen LogP contribution in [-0.4, -0.2) is 26.8 Å². The molecular formula is C16H21N3O2S. The number of aromatic nitrogens is 2. The lowest BCUT2D eigenvalue weighted by molar-refractivity contribution is -0.117. The minimum Gasteiger partial charge on any atom is -0.392 e. The van der Waals surface area contributed by atoms with Gasteiger partial charge in [0, 0.05) is 22.7 Å². The Morgan fingerprint density at radius 3 is 2.86 bits per heavy atom. The topological polar surface area (TPSA) is 67.2 Å². The summed E-state index contributed by atoms with van der Waals surface area (Å²) in [5.74, 6) is -0.132. The van der Waals surface area contributed by atoms with Crippen molar-refractivity contribution in [3.63, 3.8) is 0 Å². The van der Waals surface area contributed by atoms with E-state index in [4.69, 9.17) is 5.11 Å². The second kappa shape index (κ2) is 7.38. The Hall–Kier alpha value is -1.92. The van der Waals surface area contributed by atoms with Crippen LogP contribution in [0.4, 0.5) is 0 Å². The normalized spacial score (nSPS) is 12.7. The van der Waals surface area contributed by atoms with Crippen molar-refractivity contribution in [3.8, 4) is 0 Å². The van der Waals surface area contributed by atoms with Gasteiger partial charge in [0.2, 0.25) is 5.91 Å². The number of carbonyl (C=O) groups is 1. The zero-order valence-corrected chi connectivity index (χ0v) is 13.9. The Morgan fingerprint density at radius 1 is 1.50 bits per heavy atom. The van der Waals surface area contributed by atoms with Gasteiger partial charge in [0.15, 0.2) is 0 Å². The molecule has 0 fully saturated rings. The number of aliphatic hydroxyl groups excluding tert-OH is 1. The standard InChI is InChI=1S/C16H21N3O2S/c1-11-6-13(3)19(18-11)8-12(2)17-16(21)5-4-15-7-14(9-20)10-22-15/h4-7,10,12,20H,8-9H2,1-3H3,(H,17,21). The molecule has 0 saturated heterocycles. The summed E-state index contributed by atoms with van der Waals surface area (Å²) in [6, 6.07) is 3.88. The molecule has 0 aromatic carbocycles. The van der Waals surface area contributed by atoms with Crippen LogP contribution in [0.15, 0.2) is 23.6 Å². The number of carbonyl (C=O) groups excluding carboxylic acids is 1. The van der Waals surface area contributed by atoms with Crippen LogP contribution in [0, 0.1) is 13.8 Å². The van der Waals surface area contributed by atoms with Crippen molar-refractivity contribution in [2.24, 2.45) is 0 Å². The molecule has 118 valence electrons. The van der Waals surface area contributed by atoms with E-state index < -0.39 is 0 Å². The number of amides is 1. The van der Waals surface area contributed by atoms with E-state index in [1.54, 1.807) is 6.08 Å². The molecule has 22 heavy (non-hydrogen) atoms. The Bertz CT molecular complexity index is 673. The van der Waals surface area contributed by atoms with Crippen LogP contribution in [0.2, 0.25) is 0 Å². The molecule has 2 aromatic heterocycles. The van der Waals surface area contributed by atoms with E-state index in [9.17, 15) is 4.79 Å². The number of aliphatic hydroxyl groups is 1. The van der Waals surface area contributed by atoms with Crippen molar-refractivity contribution in [1.29, 1.82) is 0 Å². The van der Waals surface area contributed by atoms with E-state index in [2.05, 4.69) is 10.4 Å². The first-order valence-corrected chi connectivity index (χ1v) is 8.04. The molecule has 0 aliphatic rings. The molecule has 6 heteroatoms. The highest BCUT2D eigenvalue weighted by molar-refractivity contribution is 7.11. The number of rotatable bonds is 6. The zero-order chi connectivity index (χ0) is 16.1. The Morgan fingerprint density at radius 2 is 2.27 bits per heavy atom. The highest BCUT2D eigenvalue weighted by atomic mass is 32.1. The molecule has 0 aliphatic carbocycles. The fraction of sp³-hybridized carbons (Fsp3) is 0.375. The number of thiophene rings is 1. The van der Waals surface area contributed by atoms with Gasteiger partial charge in [0.25, 0.3) is 0 Å². The first-order valence-electron chi connectivity index (χ1n) is 7.16. The summed E-state index contributed by atoms with van der Waals surface area (Å²) in [5.41, 5.74) is 2.93. The quantitative estimate of drug-likeness (QED) is 0.803. The summed E-state index contributed by atoms with van der Waals surface area (Å²) in [6.07, 6.45) is 3.28. The van der Waals surface area contributed by atoms with E-state index in [-0.39, 0.29) is 18.6 Å². The molecular weight excluding hydrogens is 298 g/mol. The molecule has 0 bridgehead atoms. The van der Waals surface area contributed by atoms with Gasteiger partial charge in [0.05, 0.1) is 18.8 Å². The highest BCUT2D eigenvalue weighted by Gasteiger charge is 2.08. The lowest BCUT2D eigenvalue weighted by Crippen LogP contribution is -2.35. The molecule has 0 aliphatic heterocycles. The van der Waals surface area contributed by atoms with E-state index in [1.165, 1.54) is 17.4 Å². The van der Waals surface area contributed by atoms with Crippen molar-refractivity contribution in [2.75, 3.05) is 0 Å². The Kier molecular flexibility index (Phi) is 5.51. The average Bonchev–Trinajstić information content (AvgIpc) is 3.03. The molecule has 2 heterocycles. The van der Waals surface area contributed by atoms with Gasteiger partial charge in [-0.1, -0.05) is 0 Å². The number of nitrogens with one attached hydrogen (secondary N) is 1. The number of hydrogen-bond acceptors (Lipinski definition) is 4. The largest absolute Gasteiger partial charge is 0.392 e. The Balaban J connectivity index is 1.87. The zero-order valence-electron chi connectivity index (χ0n) is 13.0. The second-order valence-corrected chi connectivity index (χ2v) is 6.31. The maximum atomic E-state index is 11.9. The van der Waals surface area contributed by atoms with Crippen LogP contribution < -0.4 is 5.32 Å². The van der Waals surface area contributed by atoms with Crippen molar-refractivity contribution in [2.45, 2.75) is 40.0 Å². The summed E-state index contributed by atoms with van der Waals surface area (Å²) in [4.78, 5) is 12.9. The summed E-state index contributed by atoms with van der Waals surface area (Å²) in [5, 5.41) is 18.2. The van der Waals surface area contributed by atoms with Gasteiger partial charge in [-0.2, -0.15) is 5.10 Å². The summed E-state index contributed by atoms with van der Waals surface area (Å²) in [7, 11) is 0. The molecule has 0 saturated carbocycles. The van der Waals surface area contributed by atoms with Crippen LogP contribution >= 0.6 is 11.3 Å². The molecule has 5 nitrogen and oxygen atoms in total. The third-order valence-corrected chi connectivity index (χ3v) is 4.14. The SMILES string of the molecule is Cc1cc(C)n(CC(C)NC(=O)C=Cc2cc(CO)cs2)n1. The minimum absolute atomic E-state index is 0.00788. The molecule has 1 unspecified atom stereocenters. The van der Waals surface area contributed by atoms with Gasteiger partial charge >= 0.3 is 0 Å². The lowest BCUT2D eigenvalue weighted by Gasteiger charge is -2.13. The second-order valence-electron chi connectivity index (χ2n) is 5.37. The predicted octanol–water partition coefficient (Wildman–Crippen LogP) is 2.27. The van der Waals surface area contributed by atoms with E-state index >= 15 is 0 Å². The molecule has 1 amide bonds. The molecule has 2 aromatic rings. The molecule has 1 atom stereocenters. The van der Waals surface area contributed by atoms with Gasteiger partial charge in [-0.3, -0.25) is 9.48 Å². The summed E-state index contributed by atoms with van der Waals surface area (Å²) in [6.45, 7) is 6.58. The van der Waals surface area contributed by atoms with E-state index in [0.29, 0.717) is 6.54 Å².